The summed E-state index contributed by atoms with van der Waals surface area (Å²) >= 11 is 1.73. The van der Waals surface area contributed by atoms with Crippen molar-refractivity contribution in [1.82, 2.24) is 10.6 Å². The summed E-state index contributed by atoms with van der Waals surface area (Å²) in [5, 5.41) is 8.89. The van der Waals surface area contributed by atoms with Crippen molar-refractivity contribution in [3.63, 3.8) is 0 Å². The molecule has 2 aromatic rings. The van der Waals surface area contributed by atoms with Gasteiger partial charge in [-0.1, -0.05) is 6.07 Å². The number of aliphatic imine (C=N–C) groups is 1. The first-order chi connectivity index (χ1) is 13.9. The van der Waals surface area contributed by atoms with Crippen LogP contribution in [-0.4, -0.2) is 45.5 Å². The first-order valence-corrected chi connectivity index (χ1v) is 11.0. The van der Waals surface area contributed by atoms with Crippen molar-refractivity contribution in [1.29, 1.82) is 0 Å². The van der Waals surface area contributed by atoms with Gasteiger partial charge >= 0.3 is 0 Å². The van der Waals surface area contributed by atoms with Crippen molar-refractivity contribution >= 4 is 17.3 Å². The Morgan fingerprint density at radius 3 is 2.86 bits per heavy atom. The van der Waals surface area contributed by atoms with Gasteiger partial charge in [0.05, 0.1) is 12.8 Å². The number of nitrogens with one attached hydrogen (secondary N) is 2. The minimum absolute atomic E-state index is 0.660. The molecule has 0 saturated carbocycles. The average molecular weight is 406 g/mol. The zero-order valence-corrected chi connectivity index (χ0v) is 17.2. The van der Waals surface area contributed by atoms with Gasteiger partial charge in [0.15, 0.2) is 5.96 Å². The molecule has 3 heterocycles. The molecule has 0 amide bonds. The molecular formula is C21H31N3O3S. The number of furan rings is 1. The molecular weight excluding hydrogens is 374 g/mol. The Morgan fingerprint density at radius 2 is 2.07 bits per heavy atom. The number of ether oxygens (including phenoxy) is 2. The zero-order chi connectivity index (χ0) is 19.3. The summed E-state index contributed by atoms with van der Waals surface area (Å²) in [6.07, 6.45) is 5.75. The van der Waals surface area contributed by atoms with Crippen molar-refractivity contribution in [3.05, 3.63) is 46.5 Å². The van der Waals surface area contributed by atoms with Crippen molar-refractivity contribution in [3.8, 4) is 0 Å². The largest absolute Gasteiger partial charge is 0.469 e. The van der Waals surface area contributed by atoms with Crippen LogP contribution in [0.4, 0.5) is 0 Å². The highest BCUT2D eigenvalue weighted by Gasteiger charge is 2.13. The third-order valence-corrected chi connectivity index (χ3v) is 5.53. The first-order valence-electron chi connectivity index (χ1n) is 10.1. The number of thiophene rings is 1. The summed E-state index contributed by atoms with van der Waals surface area (Å²) in [5.74, 6) is 2.48. The summed E-state index contributed by atoms with van der Waals surface area (Å²) in [6.45, 7) is 5.69. The van der Waals surface area contributed by atoms with Crippen LogP contribution in [-0.2, 0) is 22.4 Å². The van der Waals surface area contributed by atoms with Crippen molar-refractivity contribution < 1.29 is 13.9 Å². The van der Waals surface area contributed by atoms with Crippen LogP contribution in [0.5, 0.6) is 0 Å². The molecule has 3 rings (SSSR count). The minimum atomic E-state index is 0.660. The molecule has 0 bridgehead atoms. The fourth-order valence-corrected chi connectivity index (χ4v) is 3.66. The van der Waals surface area contributed by atoms with E-state index in [1.54, 1.807) is 17.6 Å². The lowest BCUT2D eigenvalue weighted by Gasteiger charge is -2.21. The predicted octanol–water partition coefficient (Wildman–Crippen LogP) is 3.45. The predicted molar refractivity (Wildman–Crippen MR) is 113 cm³/mol. The van der Waals surface area contributed by atoms with E-state index in [1.807, 2.05) is 12.1 Å². The Hall–Kier alpha value is -1.83. The van der Waals surface area contributed by atoms with Crippen LogP contribution in [0.2, 0.25) is 0 Å². The van der Waals surface area contributed by atoms with Gasteiger partial charge < -0.3 is 24.5 Å². The van der Waals surface area contributed by atoms with Crippen LogP contribution < -0.4 is 10.6 Å². The zero-order valence-electron chi connectivity index (χ0n) is 16.4. The molecule has 154 valence electrons. The Bertz CT molecular complexity index is 653. The molecule has 2 N–H and O–H groups in total. The molecule has 1 aliphatic heterocycles. The standard InChI is InChI=1S/C21H31N3O3S/c1-4-19(27-12-1)6-10-23-21(24-16-20-5-2-15-28-20)22-9-3-11-26-17-18-7-13-25-14-8-18/h1-2,4-5,12,15,18H,3,6-11,13-14,16-17H2,(H2,22,23,24). The summed E-state index contributed by atoms with van der Waals surface area (Å²) in [5.41, 5.74) is 0. The molecule has 0 unspecified atom stereocenters. The maximum absolute atomic E-state index is 5.84. The van der Waals surface area contributed by atoms with Crippen molar-refractivity contribution in [2.75, 3.05) is 39.5 Å². The molecule has 1 fully saturated rings. The van der Waals surface area contributed by atoms with E-state index in [2.05, 4.69) is 28.1 Å². The normalized spacial score (nSPS) is 15.6. The lowest BCUT2D eigenvalue weighted by atomic mass is 10.0. The molecule has 1 aliphatic rings. The van der Waals surface area contributed by atoms with Crippen LogP contribution in [0.15, 0.2) is 45.3 Å². The summed E-state index contributed by atoms with van der Waals surface area (Å²) in [7, 11) is 0. The van der Waals surface area contributed by atoms with E-state index >= 15 is 0 Å². The average Bonchev–Trinajstić information content (AvgIpc) is 3.43. The second kappa shape index (κ2) is 12.6. The summed E-state index contributed by atoms with van der Waals surface area (Å²) < 4.78 is 16.6. The number of guanidine groups is 1. The Balaban J connectivity index is 1.33. The Morgan fingerprint density at radius 1 is 1.18 bits per heavy atom. The van der Waals surface area contributed by atoms with Gasteiger partial charge in [-0.25, -0.2) is 4.99 Å². The van der Waals surface area contributed by atoms with Gasteiger partial charge in [-0.05, 0) is 48.8 Å². The van der Waals surface area contributed by atoms with E-state index in [4.69, 9.17) is 18.9 Å². The molecule has 0 aromatic carbocycles. The smallest absolute Gasteiger partial charge is 0.191 e. The monoisotopic (exact) mass is 405 g/mol. The fraction of sp³-hybridized carbons (Fsp3) is 0.571. The highest BCUT2D eigenvalue weighted by atomic mass is 32.1. The van der Waals surface area contributed by atoms with Crippen LogP contribution >= 0.6 is 11.3 Å². The SMILES string of the molecule is c1coc(CCNC(=NCc2cccs2)NCCCOCC2CCOCC2)c1. The second-order valence-electron chi connectivity index (χ2n) is 6.91. The molecule has 0 atom stereocenters. The third kappa shape index (κ3) is 8.04. The van der Waals surface area contributed by atoms with E-state index in [1.165, 1.54) is 4.88 Å². The van der Waals surface area contributed by atoms with E-state index in [9.17, 15) is 0 Å². The number of hydrogen-bond acceptors (Lipinski definition) is 5. The quantitative estimate of drug-likeness (QED) is 0.340. The number of nitrogens with zero attached hydrogens (tertiary/aromatic N) is 1. The lowest BCUT2D eigenvalue weighted by molar-refractivity contribution is 0.0203. The summed E-state index contributed by atoms with van der Waals surface area (Å²) in [6, 6.07) is 8.08. The molecule has 1 saturated heterocycles. The second-order valence-corrected chi connectivity index (χ2v) is 7.94. The van der Waals surface area contributed by atoms with Gasteiger partial charge in [-0.15, -0.1) is 11.3 Å². The minimum Gasteiger partial charge on any atom is -0.469 e. The molecule has 0 radical (unpaired) electrons. The molecule has 0 aliphatic carbocycles. The van der Waals surface area contributed by atoms with E-state index in [-0.39, 0.29) is 0 Å². The topological polar surface area (TPSA) is 68.0 Å². The third-order valence-electron chi connectivity index (χ3n) is 4.67. The fourth-order valence-electron chi connectivity index (χ4n) is 3.04. The van der Waals surface area contributed by atoms with Gasteiger partial charge in [0.1, 0.15) is 5.76 Å². The molecule has 0 spiro atoms. The lowest BCUT2D eigenvalue weighted by Crippen LogP contribution is -2.39. The highest BCUT2D eigenvalue weighted by Crippen LogP contribution is 2.14. The van der Waals surface area contributed by atoms with Crippen LogP contribution in [0.3, 0.4) is 0 Å². The van der Waals surface area contributed by atoms with Gasteiger partial charge in [-0.3, -0.25) is 0 Å². The van der Waals surface area contributed by atoms with Gasteiger partial charge in [-0.2, -0.15) is 0 Å². The highest BCUT2D eigenvalue weighted by molar-refractivity contribution is 7.09. The molecule has 6 nitrogen and oxygen atoms in total. The maximum atomic E-state index is 5.84. The van der Waals surface area contributed by atoms with Crippen LogP contribution in [0, 0.1) is 5.92 Å². The summed E-state index contributed by atoms with van der Waals surface area (Å²) in [4.78, 5) is 5.95. The molecule has 2 aromatic heterocycles. The van der Waals surface area contributed by atoms with Gasteiger partial charge in [0, 0.05) is 50.8 Å². The van der Waals surface area contributed by atoms with E-state index < -0.39 is 0 Å². The molecule has 28 heavy (non-hydrogen) atoms. The Labute approximate surface area is 171 Å². The number of rotatable bonds is 11. The van der Waals surface area contributed by atoms with E-state index in [0.29, 0.717) is 12.5 Å². The maximum Gasteiger partial charge on any atom is 0.191 e. The van der Waals surface area contributed by atoms with Gasteiger partial charge in [0.25, 0.3) is 0 Å². The van der Waals surface area contributed by atoms with Crippen LogP contribution in [0.25, 0.3) is 0 Å². The molecule has 7 heteroatoms. The van der Waals surface area contributed by atoms with Gasteiger partial charge in [0.2, 0.25) is 0 Å². The van der Waals surface area contributed by atoms with Crippen molar-refractivity contribution in [2.24, 2.45) is 10.9 Å². The van der Waals surface area contributed by atoms with Crippen LogP contribution in [0.1, 0.15) is 29.9 Å². The van der Waals surface area contributed by atoms with Crippen molar-refractivity contribution in [2.45, 2.75) is 32.2 Å². The number of hydrogen-bond donors (Lipinski definition) is 2. The van der Waals surface area contributed by atoms with E-state index in [0.717, 1.165) is 76.9 Å². The first kappa shape index (κ1) is 20.9. The Kier molecular flexibility index (Phi) is 9.40.